The van der Waals surface area contributed by atoms with Crippen LogP contribution in [0.25, 0.3) is 0 Å². The van der Waals surface area contributed by atoms with Gasteiger partial charge in [0.1, 0.15) is 12.0 Å². The third-order valence-electron chi connectivity index (χ3n) is 2.61. The van der Waals surface area contributed by atoms with Gasteiger partial charge in [0, 0.05) is 13.1 Å². The number of aromatic nitrogens is 3. The first-order chi connectivity index (χ1) is 8.59. The highest BCUT2D eigenvalue weighted by atomic mass is 16.6. The van der Waals surface area contributed by atoms with E-state index in [1.807, 2.05) is 14.0 Å². The second-order valence-corrected chi connectivity index (χ2v) is 3.94. The van der Waals surface area contributed by atoms with Crippen LogP contribution in [0, 0.1) is 10.1 Å². The van der Waals surface area contributed by atoms with Gasteiger partial charge in [-0.1, -0.05) is 12.1 Å². The van der Waals surface area contributed by atoms with Crippen molar-refractivity contribution in [2.24, 2.45) is 7.05 Å². The molecule has 18 heavy (non-hydrogen) atoms. The van der Waals surface area contributed by atoms with Crippen molar-refractivity contribution < 1.29 is 4.92 Å². The molecule has 0 aliphatic heterocycles. The highest BCUT2D eigenvalue weighted by Gasteiger charge is 2.17. The van der Waals surface area contributed by atoms with E-state index >= 15 is 0 Å². The largest absolute Gasteiger partial charge is 0.370 e. The van der Waals surface area contributed by atoms with Gasteiger partial charge in [-0.2, -0.15) is 0 Å². The van der Waals surface area contributed by atoms with E-state index in [2.05, 4.69) is 15.5 Å². The minimum absolute atomic E-state index is 0.0477. The standard InChI is InChI=1S/C11H13N5O2/c1-8(11-14-12-7-15(11)2)13-9-5-3-4-6-10(9)16(17)18/h3-8,13H,1-2H3. The van der Waals surface area contributed by atoms with E-state index in [9.17, 15) is 10.1 Å². The predicted octanol–water partition coefficient (Wildman–Crippen LogP) is 1.90. The van der Waals surface area contributed by atoms with Crippen LogP contribution in [-0.4, -0.2) is 19.7 Å². The molecule has 0 spiro atoms. The van der Waals surface area contributed by atoms with Gasteiger partial charge in [0.05, 0.1) is 11.0 Å². The molecule has 1 aromatic carbocycles. The summed E-state index contributed by atoms with van der Waals surface area (Å²) in [6, 6.07) is 6.35. The number of nitrogens with one attached hydrogen (secondary N) is 1. The van der Waals surface area contributed by atoms with Gasteiger partial charge in [-0.15, -0.1) is 10.2 Å². The fourth-order valence-electron chi connectivity index (χ4n) is 1.74. The van der Waals surface area contributed by atoms with Crippen molar-refractivity contribution >= 4 is 11.4 Å². The second-order valence-electron chi connectivity index (χ2n) is 3.94. The molecule has 7 nitrogen and oxygen atoms in total. The van der Waals surface area contributed by atoms with Crippen molar-refractivity contribution in [1.82, 2.24) is 14.8 Å². The predicted molar refractivity (Wildman–Crippen MR) is 66.1 cm³/mol. The number of benzene rings is 1. The molecule has 1 aromatic heterocycles. The van der Waals surface area contributed by atoms with Crippen LogP contribution in [0.3, 0.4) is 0 Å². The summed E-state index contributed by atoms with van der Waals surface area (Å²) in [5.74, 6) is 0.716. The van der Waals surface area contributed by atoms with E-state index < -0.39 is 4.92 Å². The summed E-state index contributed by atoms with van der Waals surface area (Å²) < 4.78 is 1.77. The highest BCUT2D eigenvalue weighted by Crippen LogP contribution is 2.26. The lowest BCUT2D eigenvalue weighted by molar-refractivity contribution is -0.384. The molecule has 0 aliphatic carbocycles. The van der Waals surface area contributed by atoms with Gasteiger partial charge in [-0.3, -0.25) is 10.1 Å². The lowest BCUT2D eigenvalue weighted by Crippen LogP contribution is -2.12. The topological polar surface area (TPSA) is 85.9 Å². The number of nitro benzene ring substituents is 1. The molecule has 1 atom stereocenters. The first-order valence-corrected chi connectivity index (χ1v) is 5.43. The molecule has 2 aromatic rings. The Morgan fingerprint density at radius 2 is 2.17 bits per heavy atom. The number of hydrogen-bond donors (Lipinski definition) is 1. The van der Waals surface area contributed by atoms with Crippen LogP contribution in [0.15, 0.2) is 30.6 Å². The Morgan fingerprint density at radius 3 is 2.78 bits per heavy atom. The Balaban J connectivity index is 2.25. The van der Waals surface area contributed by atoms with Crippen LogP contribution in [0.2, 0.25) is 0 Å². The van der Waals surface area contributed by atoms with Crippen molar-refractivity contribution in [3.05, 3.63) is 46.5 Å². The number of nitro groups is 1. The lowest BCUT2D eigenvalue weighted by atomic mass is 10.2. The Hall–Kier alpha value is -2.44. The average Bonchev–Trinajstić information content (AvgIpc) is 2.76. The van der Waals surface area contributed by atoms with Crippen molar-refractivity contribution in [2.75, 3.05) is 5.32 Å². The quantitative estimate of drug-likeness (QED) is 0.658. The van der Waals surface area contributed by atoms with Crippen molar-refractivity contribution in [3.8, 4) is 0 Å². The molecule has 0 saturated carbocycles. The number of nitrogens with zero attached hydrogens (tertiary/aromatic N) is 4. The zero-order chi connectivity index (χ0) is 13.1. The van der Waals surface area contributed by atoms with E-state index in [-0.39, 0.29) is 11.7 Å². The highest BCUT2D eigenvalue weighted by molar-refractivity contribution is 5.61. The molecule has 2 rings (SSSR count). The Labute approximate surface area is 104 Å². The Kier molecular flexibility index (Phi) is 3.22. The normalized spacial score (nSPS) is 12.1. The number of anilines is 1. The molecule has 0 saturated heterocycles. The number of rotatable bonds is 4. The first kappa shape index (κ1) is 12.0. The van der Waals surface area contributed by atoms with Gasteiger partial charge >= 0.3 is 0 Å². The number of aryl methyl sites for hydroxylation is 1. The summed E-state index contributed by atoms with van der Waals surface area (Å²) in [6.45, 7) is 1.88. The molecule has 7 heteroatoms. The SMILES string of the molecule is CC(Nc1ccccc1[N+](=O)[O-])c1nncn1C. The summed E-state index contributed by atoms with van der Waals surface area (Å²) in [6.07, 6.45) is 1.59. The third kappa shape index (κ3) is 2.29. The summed E-state index contributed by atoms with van der Waals surface area (Å²) >= 11 is 0. The van der Waals surface area contributed by atoms with Gasteiger partial charge in [0.25, 0.3) is 5.69 Å². The monoisotopic (exact) mass is 247 g/mol. The maximum absolute atomic E-state index is 10.9. The van der Waals surface area contributed by atoms with Crippen molar-refractivity contribution in [1.29, 1.82) is 0 Å². The van der Waals surface area contributed by atoms with E-state index in [0.717, 1.165) is 0 Å². The minimum Gasteiger partial charge on any atom is -0.370 e. The summed E-state index contributed by atoms with van der Waals surface area (Å²) in [7, 11) is 1.83. The van der Waals surface area contributed by atoms with E-state index in [1.165, 1.54) is 6.07 Å². The molecule has 94 valence electrons. The number of para-hydroxylation sites is 2. The van der Waals surface area contributed by atoms with Crippen LogP contribution >= 0.6 is 0 Å². The molecular weight excluding hydrogens is 234 g/mol. The average molecular weight is 247 g/mol. The molecule has 0 fully saturated rings. The maximum Gasteiger partial charge on any atom is 0.292 e. The Bertz CT molecular complexity index is 566. The van der Waals surface area contributed by atoms with Crippen LogP contribution < -0.4 is 5.32 Å². The smallest absolute Gasteiger partial charge is 0.292 e. The van der Waals surface area contributed by atoms with Crippen molar-refractivity contribution in [2.45, 2.75) is 13.0 Å². The summed E-state index contributed by atoms with van der Waals surface area (Å²) in [4.78, 5) is 10.5. The van der Waals surface area contributed by atoms with Crippen LogP contribution in [-0.2, 0) is 7.05 Å². The Morgan fingerprint density at radius 1 is 1.44 bits per heavy atom. The van der Waals surface area contributed by atoms with E-state index in [0.29, 0.717) is 11.5 Å². The fourth-order valence-corrected chi connectivity index (χ4v) is 1.74. The number of hydrogen-bond acceptors (Lipinski definition) is 5. The lowest BCUT2D eigenvalue weighted by Gasteiger charge is -2.14. The van der Waals surface area contributed by atoms with Gasteiger partial charge in [0.2, 0.25) is 0 Å². The third-order valence-corrected chi connectivity index (χ3v) is 2.61. The zero-order valence-electron chi connectivity index (χ0n) is 10.1. The molecule has 0 radical (unpaired) electrons. The van der Waals surface area contributed by atoms with Gasteiger partial charge < -0.3 is 9.88 Å². The summed E-state index contributed by atoms with van der Waals surface area (Å²) in [5, 5.41) is 21.7. The van der Waals surface area contributed by atoms with Crippen LogP contribution in [0.4, 0.5) is 11.4 Å². The maximum atomic E-state index is 10.9. The van der Waals surface area contributed by atoms with E-state index in [1.54, 1.807) is 29.1 Å². The second kappa shape index (κ2) is 4.82. The van der Waals surface area contributed by atoms with E-state index in [4.69, 9.17) is 0 Å². The summed E-state index contributed by atoms with van der Waals surface area (Å²) in [5.41, 5.74) is 0.518. The van der Waals surface area contributed by atoms with Gasteiger partial charge in [-0.05, 0) is 13.0 Å². The zero-order valence-corrected chi connectivity index (χ0v) is 10.1. The molecular formula is C11H13N5O2. The first-order valence-electron chi connectivity index (χ1n) is 5.43. The molecule has 1 heterocycles. The van der Waals surface area contributed by atoms with Crippen LogP contribution in [0.5, 0.6) is 0 Å². The molecule has 1 N–H and O–H groups in total. The molecule has 0 bridgehead atoms. The molecule has 0 aliphatic rings. The fraction of sp³-hybridized carbons (Fsp3) is 0.273. The van der Waals surface area contributed by atoms with Gasteiger partial charge in [0.15, 0.2) is 5.82 Å². The molecule has 1 unspecified atom stereocenters. The van der Waals surface area contributed by atoms with Crippen LogP contribution in [0.1, 0.15) is 18.8 Å². The van der Waals surface area contributed by atoms with Gasteiger partial charge in [-0.25, -0.2) is 0 Å². The minimum atomic E-state index is -0.411. The van der Waals surface area contributed by atoms with Crippen molar-refractivity contribution in [3.63, 3.8) is 0 Å². The molecule has 0 amide bonds.